The van der Waals surface area contributed by atoms with E-state index < -0.39 is 5.97 Å². The smallest absolute Gasteiger partial charge is 0.335 e. The van der Waals surface area contributed by atoms with Crippen molar-refractivity contribution in [2.24, 2.45) is 0 Å². The summed E-state index contributed by atoms with van der Waals surface area (Å²) in [5.41, 5.74) is 1.55. The maximum Gasteiger partial charge on any atom is 0.335 e. The number of rotatable bonds is 2. The first-order valence-electron chi connectivity index (χ1n) is 4.87. The van der Waals surface area contributed by atoms with Crippen molar-refractivity contribution < 1.29 is 9.90 Å². The zero-order valence-corrected chi connectivity index (χ0v) is 10.2. The van der Waals surface area contributed by atoms with Gasteiger partial charge in [0.1, 0.15) is 0 Å². The molecule has 2 nitrogen and oxygen atoms in total. The van der Waals surface area contributed by atoms with E-state index in [9.17, 15) is 4.79 Å². The second kappa shape index (κ2) is 4.78. The van der Waals surface area contributed by atoms with Crippen LogP contribution in [-0.2, 0) is 0 Å². The molecule has 1 N–H and O–H groups in total. The lowest BCUT2D eigenvalue weighted by Gasteiger charge is -2.07. The molecule has 0 spiro atoms. The number of aromatic carboxylic acids is 1. The van der Waals surface area contributed by atoms with Crippen LogP contribution in [0.2, 0.25) is 10.0 Å². The molecule has 2 aromatic rings. The Hall–Kier alpha value is -1.51. The largest absolute Gasteiger partial charge is 0.478 e. The van der Waals surface area contributed by atoms with Crippen molar-refractivity contribution in [3.8, 4) is 11.1 Å². The third-order valence-electron chi connectivity index (χ3n) is 2.36. The Kier molecular flexibility index (Phi) is 3.36. The summed E-state index contributed by atoms with van der Waals surface area (Å²) < 4.78 is 0. The molecule has 17 heavy (non-hydrogen) atoms. The molecule has 0 aromatic heterocycles. The molecule has 0 amide bonds. The fourth-order valence-corrected chi connectivity index (χ4v) is 2.20. The van der Waals surface area contributed by atoms with Gasteiger partial charge in [-0.1, -0.05) is 41.4 Å². The first-order chi connectivity index (χ1) is 8.09. The summed E-state index contributed by atoms with van der Waals surface area (Å²) in [6.07, 6.45) is 0. The molecule has 2 aromatic carbocycles. The number of halogens is 2. The lowest BCUT2D eigenvalue weighted by atomic mass is 10.0. The van der Waals surface area contributed by atoms with Crippen molar-refractivity contribution in [3.05, 3.63) is 58.1 Å². The fraction of sp³-hybridized carbons (Fsp3) is 0. The predicted molar refractivity (Wildman–Crippen MR) is 68.9 cm³/mol. The van der Waals surface area contributed by atoms with Gasteiger partial charge in [0.15, 0.2) is 0 Å². The maximum absolute atomic E-state index is 10.9. The van der Waals surface area contributed by atoms with Crippen LogP contribution in [0, 0.1) is 0 Å². The standard InChI is InChI=1S/C13H8Cl2O2/c14-10-5-2-6-11(15)12(10)8-3-1-4-9(7-8)13(16)17/h1-7H,(H,16,17). The van der Waals surface area contributed by atoms with Gasteiger partial charge in [-0.3, -0.25) is 0 Å². The highest BCUT2D eigenvalue weighted by Gasteiger charge is 2.10. The average molecular weight is 267 g/mol. The predicted octanol–water partition coefficient (Wildman–Crippen LogP) is 4.36. The second-order valence-corrected chi connectivity index (χ2v) is 4.30. The van der Waals surface area contributed by atoms with Gasteiger partial charge < -0.3 is 5.11 Å². The molecule has 0 aliphatic carbocycles. The van der Waals surface area contributed by atoms with Crippen molar-refractivity contribution in [3.63, 3.8) is 0 Å². The van der Waals surface area contributed by atoms with Crippen molar-refractivity contribution in [2.75, 3.05) is 0 Å². The van der Waals surface area contributed by atoms with Crippen LogP contribution >= 0.6 is 23.2 Å². The van der Waals surface area contributed by atoms with Crippen LogP contribution in [0.25, 0.3) is 11.1 Å². The highest BCUT2D eigenvalue weighted by Crippen LogP contribution is 2.34. The van der Waals surface area contributed by atoms with E-state index in [1.807, 2.05) is 0 Å². The molecule has 0 saturated carbocycles. The minimum atomic E-state index is -0.977. The van der Waals surface area contributed by atoms with E-state index in [0.717, 1.165) is 0 Å². The van der Waals surface area contributed by atoms with Gasteiger partial charge in [0.25, 0.3) is 0 Å². The quantitative estimate of drug-likeness (QED) is 0.877. The Morgan fingerprint density at radius 2 is 1.59 bits per heavy atom. The third-order valence-corrected chi connectivity index (χ3v) is 2.99. The van der Waals surface area contributed by atoms with Crippen LogP contribution in [0.1, 0.15) is 10.4 Å². The minimum Gasteiger partial charge on any atom is -0.478 e. The normalized spacial score (nSPS) is 10.2. The highest BCUT2D eigenvalue weighted by atomic mass is 35.5. The first-order valence-corrected chi connectivity index (χ1v) is 5.63. The molecule has 0 fully saturated rings. The molecule has 0 aliphatic heterocycles. The maximum atomic E-state index is 10.9. The minimum absolute atomic E-state index is 0.207. The monoisotopic (exact) mass is 266 g/mol. The van der Waals surface area contributed by atoms with Crippen LogP contribution in [0.3, 0.4) is 0 Å². The number of carboxylic acid groups (broad SMARTS) is 1. The van der Waals surface area contributed by atoms with Crippen LogP contribution in [0.15, 0.2) is 42.5 Å². The summed E-state index contributed by atoms with van der Waals surface area (Å²) >= 11 is 12.1. The number of hydrogen-bond donors (Lipinski definition) is 1. The van der Waals surface area contributed by atoms with Crippen LogP contribution in [-0.4, -0.2) is 11.1 Å². The van der Waals surface area contributed by atoms with Gasteiger partial charge in [0.05, 0.1) is 5.56 Å². The summed E-state index contributed by atoms with van der Waals surface area (Å²) in [6, 6.07) is 11.7. The average Bonchev–Trinajstić information content (AvgIpc) is 2.29. The molecule has 0 bridgehead atoms. The van der Waals surface area contributed by atoms with E-state index in [-0.39, 0.29) is 5.56 Å². The van der Waals surface area contributed by atoms with E-state index >= 15 is 0 Å². The Labute approximate surface area is 108 Å². The van der Waals surface area contributed by atoms with Gasteiger partial charge >= 0.3 is 5.97 Å². The molecule has 0 heterocycles. The van der Waals surface area contributed by atoms with E-state index in [1.54, 1.807) is 36.4 Å². The van der Waals surface area contributed by atoms with Crippen LogP contribution < -0.4 is 0 Å². The van der Waals surface area contributed by atoms with Gasteiger partial charge in [-0.15, -0.1) is 0 Å². The number of benzene rings is 2. The van der Waals surface area contributed by atoms with Crippen molar-refractivity contribution in [1.29, 1.82) is 0 Å². The summed E-state index contributed by atoms with van der Waals surface area (Å²) in [6.45, 7) is 0. The molecule has 0 atom stereocenters. The lowest BCUT2D eigenvalue weighted by Crippen LogP contribution is -1.96. The fourth-order valence-electron chi connectivity index (χ4n) is 1.58. The second-order valence-electron chi connectivity index (χ2n) is 3.48. The van der Waals surface area contributed by atoms with Crippen molar-refractivity contribution in [1.82, 2.24) is 0 Å². The molecule has 4 heteroatoms. The molecule has 0 saturated heterocycles. The van der Waals surface area contributed by atoms with Crippen LogP contribution in [0.5, 0.6) is 0 Å². The zero-order chi connectivity index (χ0) is 12.4. The number of carboxylic acids is 1. The molecule has 2 rings (SSSR count). The van der Waals surface area contributed by atoms with Gasteiger partial charge in [-0.05, 0) is 29.8 Å². The third kappa shape index (κ3) is 2.43. The molecular weight excluding hydrogens is 259 g/mol. The Morgan fingerprint density at radius 1 is 1.00 bits per heavy atom. The van der Waals surface area contributed by atoms with E-state index in [0.29, 0.717) is 21.2 Å². The van der Waals surface area contributed by atoms with Crippen molar-refractivity contribution >= 4 is 29.2 Å². The highest BCUT2D eigenvalue weighted by molar-refractivity contribution is 6.39. The molecule has 0 unspecified atom stereocenters. The van der Waals surface area contributed by atoms with Gasteiger partial charge in [0, 0.05) is 15.6 Å². The number of hydrogen-bond acceptors (Lipinski definition) is 1. The summed E-state index contributed by atoms with van der Waals surface area (Å²) in [7, 11) is 0. The summed E-state index contributed by atoms with van der Waals surface area (Å²) in [5.74, 6) is -0.977. The Morgan fingerprint density at radius 3 is 2.18 bits per heavy atom. The molecular formula is C13H8Cl2O2. The van der Waals surface area contributed by atoms with Gasteiger partial charge in [0.2, 0.25) is 0 Å². The van der Waals surface area contributed by atoms with Crippen LogP contribution in [0.4, 0.5) is 0 Å². The van der Waals surface area contributed by atoms with E-state index in [4.69, 9.17) is 28.3 Å². The van der Waals surface area contributed by atoms with E-state index in [1.165, 1.54) is 6.07 Å². The topological polar surface area (TPSA) is 37.3 Å². The Bertz CT molecular complexity index is 559. The SMILES string of the molecule is O=C(O)c1cccc(-c2c(Cl)cccc2Cl)c1. The lowest BCUT2D eigenvalue weighted by molar-refractivity contribution is 0.0697. The number of carbonyl (C=O) groups is 1. The summed E-state index contributed by atoms with van der Waals surface area (Å²) in [5, 5.41) is 9.93. The van der Waals surface area contributed by atoms with Crippen molar-refractivity contribution in [2.45, 2.75) is 0 Å². The van der Waals surface area contributed by atoms with E-state index in [2.05, 4.69) is 0 Å². The molecule has 86 valence electrons. The van der Waals surface area contributed by atoms with Gasteiger partial charge in [-0.2, -0.15) is 0 Å². The Balaban J connectivity index is 2.61. The molecule has 0 radical (unpaired) electrons. The summed E-state index contributed by atoms with van der Waals surface area (Å²) in [4.78, 5) is 10.9. The zero-order valence-electron chi connectivity index (χ0n) is 8.65. The van der Waals surface area contributed by atoms with Gasteiger partial charge in [-0.25, -0.2) is 4.79 Å². The molecule has 0 aliphatic rings. The first kappa shape index (κ1) is 12.0.